The van der Waals surface area contributed by atoms with Crippen molar-refractivity contribution in [3.05, 3.63) is 29.8 Å². The number of benzene rings is 1. The van der Waals surface area contributed by atoms with Crippen LogP contribution in [-0.4, -0.2) is 28.5 Å². The molecule has 2 N–H and O–H groups in total. The lowest BCUT2D eigenvalue weighted by Crippen LogP contribution is -2.53. The van der Waals surface area contributed by atoms with Crippen LogP contribution >= 0.6 is 0 Å². The fourth-order valence-electron chi connectivity index (χ4n) is 1.22. The summed E-state index contributed by atoms with van der Waals surface area (Å²) in [6.45, 7) is 8.82. The van der Waals surface area contributed by atoms with Gasteiger partial charge in [0.05, 0.1) is 11.2 Å². The molecule has 0 saturated heterocycles. The summed E-state index contributed by atoms with van der Waals surface area (Å²) in [6, 6.07) is 7.47. The minimum absolute atomic E-state index is 0.688. The van der Waals surface area contributed by atoms with Gasteiger partial charge in [-0.1, -0.05) is 29.8 Å². The molecule has 0 aliphatic carbocycles. The van der Waals surface area contributed by atoms with Gasteiger partial charge in [-0.05, 0) is 40.1 Å². The van der Waals surface area contributed by atoms with E-state index in [9.17, 15) is 10.1 Å². The molecule has 4 heteroatoms. The molecular formula is C13H21BO3. The number of rotatable bonds is 4. The van der Waals surface area contributed by atoms with Gasteiger partial charge in [-0.25, -0.2) is 0 Å². The third-order valence-electron chi connectivity index (χ3n) is 3.24. The fourth-order valence-corrected chi connectivity index (χ4v) is 1.22. The molecule has 0 radical (unpaired) electrons. The van der Waals surface area contributed by atoms with Crippen LogP contribution in [0, 0.1) is 6.92 Å². The van der Waals surface area contributed by atoms with Crippen LogP contribution in [0.4, 0.5) is 0 Å². The highest BCUT2D eigenvalue weighted by molar-refractivity contribution is 6.60. The quantitative estimate of drug-likeness (QED) is 0.773. The van der Waals surface area contributed by atoms with Gasteiger partial charge in [-0.3, -0.25) is 0 Å². The zero-order valence-electron chi connectivity index (χ0n) is 11.2. The van der Waals surface area contributed by atoms with E-state index in [1.807, 2.05) is 31.2 Å². The second-order valence-corrected chi connectivity index (χ2v) is 5.45. The average Bonchev–Trinajstić information content (AvgIpc) is 2.16. The largest absolute Gasteiger partial charge is 0.491 e. The Bertz CT molecular complexity index is 365. The molecule has 94 valence electrons. The smallest absolute Gasteiger partial charge is 0.423 e. The minimum Gasteiger partial charge on any atom is -0.423 e. The topological polar surface area (TPSA) is 49.7 Å². The Hall–Kier alpha value is -0.835. The molecule has 1 rings (SSSR count). The van der Waals surface area contributed by atoms with Crippen molar-refractivity contribution in [2.75, 3.05) is 0 Å². The summed E-state index contributed by atoms with van der Waals surface area (Å²) in [6.07, 6.45) is 0. The molecule has 0 unspecified atom stereocenters. The van der Waals surface area contributed by atoms with Crippen molar-refractivity contribution in [2.45, 2.75) is 45.8 Å². The second kappa shape index (κ2) is 4.80. The zero-order valence-corrected chi connectivity index (χ0v) is 11.2. The summed E-state index contributed by atoms with van der Waals surface area (Å²) in [5.74, 6) is 0. The highest BCUT2D eigenvalue weighted by Gasteiger charge is 2.39. The monoisotopic (exact) mass is 236 g/mol. The van der Waals surface area contributed by atoms with Crippen molar-refractivity contribution in [3.8, 4) is 0 Å². The second-order valence-electron chi connectivity index (χ2n) is 5.45. The normalized spacial score (nSPS) is 12.6. The van der Waals surface area contributed by atoms with E-state index in [2.05, 4.69) is 0 Å². The van der Waals surface area contributed by atoms with E-state index in [1.165, 1.54) is 0 Å². The van der Waals surface area contributed by atoms with Gasteiger partial charge in [0.25, 0.3) is 0 Å². The molecule has 0 bridgehead atoms. The zero-order chi connectivity index (χ0) is 13.3. The first-order valence-corrected chi connectivity index (χ1v) is 5.78. The maximum Gasteiger partial charge on any atom is 0.491 e. The minimum atomic E-state index is -1.03. The summed E-state index contributed by atoms with van der Waals surface area (Å²) in [4.78, 5) is 0. The van der Waals surface area contributed by atoms with Gasteiger partial charge in [0.1, 0.15) is 0 Å². The first-order valence-electron chi connectivity index (χ1n) is 5.78. The number of aryl methyl sites for hydroxylation is 1. The molecule has 0 atom stereocenters. The molecule has 0 aromatic heterocycles. The lowest BCUT2D eigenvalue weighted by molar-refractivity contribution is -0.0982. The Morgan fingerprint density at radius 3 is 1.94 bits per heavy atom. The molecule has 0 aliphatic heterocycles. The summed E-state index contributed by atoms with van der Waals surface area (Å²) in [5, 5.41) is 19.9. The highest BCUT2D eigenvalue weighted by Crippen LogP contribution is 2.25. The van der Waals surface area contributed by atoms with E-state index in [0.717, 1.165) is 5.56 Å². The van der Waals surface area contributed by atoms with Crippen molar-refractivity contribution in [1.29, 1.82) is 0 Å². The Morgan fingerprint density at radius 2 is 1.53 bits per heavy atom. The van der Waals surface area contributed by atoms with Crippen LogP contribution < -0.4 is 5.46 Å². The summed E-state index contributed by atoms with van der Waals surface area (Å²) in [7, 11) is -1.03. The van der Waals surface area contributed by atoms with Crippen molar-refractivity contribution >= 4 is 12.6 Å². The van der Waals surface area contributed by atoms with Crippen molar-refractivity contribution in [3.63, 3.8) is 0 Å². The van der Waals surface area contributed by atoms with Crippen LogP contribution in [0.3, 0.4) is 0 Å². The van der Waals surface area contributed by atoms with Crippen molar-refractivity contribution in [1.82, 2.24) is 0 Å². The van der Waals surface area contributed by atoms with Crippen LogP contribution in [0.2, 0.25) is 0 Å². The van der Waals surface area contributed by atoms with Crippen LogP contribution in [0.15, 0.2) is 24.3 Å². The standard InChI is InChI=1S/C13H21BO3/c1-10-6-8-11(9-7-10)14(16)17-13(4,5)12(2,3)15/h6-9,15-16H,1-5H3. The van der Waals surface area contributed by atoms with E-state index >= 15 is 0 Å². The van der Waals surface area contributed by atoms with E-state index in [-0.39, 0.29) is 0 Å². The van der Waals surface area contributed by atoms with E-state index < -0.39 is 18.3 Å². The van der Waals surface area contributed by atoms with Gasteiger partial charge in [0, 0.05) is 0 Å². The Labute approximate surface area is 104 Å². The SMILES string of the molecule is Cc1ccc(B(O)OC(C)(C)C(C)(C)O)cc1. The van der Waals surface area contributed by atoms with Gasteiger partial charge < -0.3 is 14.8 Å². The lowest BCUT2D eigenvalue weighted by Gasteiger charge is -2.38. The number of hydrogen-bond donors (Lipinski definition) is 2. The lowest BCUT2D eigenvalue weighted by atomic mass is 9.76. The summed E-state index contributed by atoms with van der Waals surface area (Å²) >= 11 is 0. The Kier molecular flexibility index (Phi) is 4.02. The fraction of sp³-hybridized carbons (Fsp3) is 0.538. The van der Waals surface area contributed by atoms with E-state index in [4.69, 9.17) is 4.65 Å². The van der Waals surface area contributed by atoms with Crippen molar-refractivity contribution < 1.29 is 14.8 Å². The first kappa shape index (κ1) is 14.2. The Morgan fingerprint density at radius 1 is 1.06 bits per heavy atom. The van der Waals surface area contributed by atoms with Gasteiger partial charge in [-0.15, -0.1) is 0 Å². The molecule has 0 heterocycles. The van der Waals surface area contributed by atoms with E-state index in [0.29, 0.717) is 5.46 Å². The van der Waals surface area contributed by atoms with Crippen molar-refractivity contribution in [2.24, 2.45) is 0 Å². The summed E-state index contributed by atoms with van der Waals surface area (Å²) < 4.78 is 5.53. The molecular weight excluding hydrogens is 215 g/mol. The maximum absolute atomic E-state index is 9.98. The molecule has 1 aromatic rings. The first-order chi connectivity index (χ1) is 7.63. The summed E-state index contributed by atoms with van der Waals surface area (Å²) in [5.41, 5.74) is -0.0497. The highest BCUT2D eigenvalue weighted by atomic mass is 16.5. The van der Waals surface area contributed by atoms with Crippen LogP contribution in [-0.2, 0) is 4.65 Å². The van der Waals surface area contributed by atoms with Crippen LogP contribution in [0.1, 0.15) is 33.3 Å². The molecule has 0 spiro atoms. The maximum atomic E-state index is 9.98. The Balaban J connectivity index is 2.79. The van der Waals surface area contributed by atoms with Crippen LogP contribution in [0.25, 0.3) is 0 Å². The third kappa shape index (κ3) is 3.56. The molecule has 0 aliphatic rings. The third-order valence-corrected chi connectivity index (χ3v) is 3.24. The molecule has 17 heavy (non-hydrogen) atoms. The molecule has 0 amide bonds. The van der Waals surface area contributed by atoms with Gasteiger partial charge in [0.2, 0.25) is 0 Å². The molecule has 0 saturated carbocycles. The number of aliphatic hydroxyl groups is 1. The number of hydrogen-bond acceptors (Lipinski definition) is 3. The van der Waals surface area contributed by atoms with E-state index in [1.54, 1.807) is 27.7 Å². The molecule has 1 aromatic carbocycles. The van der Waals surface area contributed by atoms with Gasteiger partial charge in [-0.2, -0.15) is 0 Å². The van der Waals surface area contributed by atoms with Gasteiger partial charge in [0.15, 0.2) is 0 Å². The average molecular weight is 236 g/mol. The predicted octanol–water partition coefficient (Wildman–Crippen LogP) is 1.25. The predicted molar refractivity (Wildman–Crippen MR) is 70.2 cm³/mol. The molecule has 3 nitrogen and oxygen atoms in total. The van der Waals surface area contributed by atoms with Crippen LogP contribution in [0.5, 0.6) is 0 Å². The molecule has 0 fully saturated rings. The van der Waals surface area contributed by atoms with Gasteiger partial charge >= 0.3 is 7.12 Å².